The maximum atomic E-state index is 8.72. The quantitative estimate of drug-likeness (QED) is 0.437. The summed E-state index contributed by atoms with van der Waals surface area (Å²) >= 11 is 0. The van der Waals surface area contributed by atoms with Crippen LogP contribution in [-0.2, 0) is 0 Å². The molecule has 1 aromatic rings. The van der Waals surface area contributed by atoms with Crippen molar-refractivity contribution in [3.8, 4) is 0 Å². The number of aryl methyl sites for hydroxylation is 1. The largest absolute Gasteiger partial charge is 0.411 e. The van der Waals surface area contributed by atoms with E-state index in [1.54, 1.807) is 0 Å². The van der Waals surface area contributed by atoms with Gasteiger partial charge in [-0.1, -0.05) is 35.0 Å². The van der Waals surface area contributed by atoms with Gasteiger partial charge in [-0.2, -0.15) is 0 Å². The molecule has 4 nitrogen and oxygen atoms in total. The van der Waals surface area contributed by atoms with Gasteiger partial charge in [-0.05, 0) is 12.5 Å². The van der Waals surface area contributed by atoms with Crippen LogP contribution in [0.4, 0.5) is 0 Å². The highest BCUT2D eigenvalue weighted by molar-refractivity contribution is 6.06. The van der Waals surface area contributed by atoms with E-state index in [2.05, 4.69) is 10.3 Å². The number of hydrogen-bond donors (Lipinski definition) is 2. The maximum absolute atomic E-state index is 8.72. The molecule has 0 atom stereocenters. The van der Waals surface area contributed by atoms with E-state index in [9.17, 15) is 0 Å². The van der Waals surface area contributed by atoms with Gasteiger partial charge in [-0.15, -0.1) is 5.16 Å². The first-order chi connectivity index (χ1) is 6.77. The molecule has 0 aliphatic carbocycles. The Balaban J connectivity index is 2.85. The first kappa shape index (κ1) is 10.2. The molecule has 0 amide bonds. The van der Waals surface area contributed by atoms with Crippen LogP contribution in [0.15, 0.2) is 34.6 Å². The summed E-state index contributed by atoms with van der Waals surface area (Å²) in [7, 11) is 0. The second kappa shape index (κ2) is 5.01. The number of oxime groups is 2. The predicted octanol–water partition coefficient (Wildman–Crippen LogP) is 2.02. The van der Waals surface area contributed by atoms with Crippen molar-refractivity contribution in [2.24, 2.45) is 10.3 Å². The van der Waals surface area contributed by atoms with Crippen molar-refractivity contribution >= 4 is 11.9 Å². The average molecular weight is 192 g/mol. The van der Waals surface area contributed by atoms with E-state index in [4.69, 9.17) is 10.4 Å². The molecule has 0 saturated heterocycles. The van der Waals surface area contributed by atoms with Crippen LogP contribution < -0.4 is 0 Å². The minimum absolute atomic E-state index is 0.302. The Kier molecular flexibility index (Phi) is 3.67. The van der Waals surface area contributed by atoms with E-state index in [-0.39, 0.29) is 0 Å². The molecule has 14 heavy (non-hydrogen) atoms. The fourth-order valence-electron chi connectivity index (χ4n) is 1.09. The average Bonchev–Trinajstić information content (AvgIpc) is 2.21. The van der Waals surface area contributed by atoms with Crippen LogP contribution in [0.3, 0.4) is 0 Å². The molecule has 1 aromatic carbocycles. The van der Waals surface area contributed by atoms with Gasteiger partial charge in [-0.3, -0.25) is 0 Å². The number of benzene rings is 1. The normalized spacial score (nSPS) is 12.2. The topological polar surface area (TPSA) is 65.2 Å². The van der Waals surface area contributed by atoms with Crippen molar-refractivity contribution in [3.63, 3.8) is 0 Å². The molecule has 0 aliphatic rings. The van der Waals surface area contributed by atoms with Gasteiger partial charge in [0.2, 0.25) is 0 Å². The van der Waals surface area contributed by atoms with E-state index in [0.29, 0.717) is 12.1 Å². The molecule has 0 bridgehead atoms. The highest BCUT2D eigenvalue weighted by atomic mass is 16.4. The second-order valence-corrected chi connectivity index (χ2v) is 2.91. The van der Waals surface area contributed by atoms with Crippen molar-refractivity contribution in [2.75, 3.05) is 0 Å². The fraction of sp³-hybridized carbons (Fsp3) is 0.200. The van der Waals surface area contributed by atoms with Gasteiger partial charge in [0.1, 0.15) is 0 Å². The molecule has 0 aromatic heterocycles. The Hall–Kier alpha value is -1.84. The molecule has 0 saturated carbocycles. The number of rotatable bonds is 3. The molecule has 2 N–H and O–H groups in total. The van der Waals surface area contributed by atoms with Crippen LogP contribution in [0.5, 0.6) is 0 Å². The first-order valence-corrected chi connectivity index (χ1v) is 4.21. The summed E-state index contributed by atoms with van der Waals surface area (Å²) in [6.45, 7) is 1.98. The second-order valence-electron chi connectivity index (χ2n) is 2.91. The molecule has 74 valence electrons. The summed E-state index contributed by atoms with van der Waals surface area (Å²) in [4.78, 5) is 0. The first-order valence-electron chi connectivity index (χ1n) is 4.21. The highest BCUT2D eigenvalue weighted by Crippen LogP contribution is 2.06. The summed E-state index contributed by atoms with van der Waals surface area (Å²) < 4.78 is 0. The lowest BCUT2D eigenvalue weighted by atomic mass is 10.1. The lowest BCUT2D eigenvalue weighted by Crippen LogP contribution is -2.01. The molecular formula is C10H12N2O2. The van der Waals surface area contributed by atoms with E-state index < -0.39 is 0 Å². The van der Waals surface area contributed by atoms with Crippen LogP contribution in [0.25, 0.3) is 0 Å². The van der Waals surface area contributed by atoms with E-state index in [0.717, 1.165) is 11.1 Å². The van der Waals surface area contributed by atoms with Gasteiger partial charge in [0.05, 0.1) is 5.71 Å². The molecule has 0 heterocycles. The maximum Gasteiger partial charge on any atom is 0.0922 e. The third kappa shape index (κ3) is 2.58. The molecule has 1 rings (SSSR count). The fourth-order valence-corrected chi connectivity index (χ4v) is 1.09. The Labute approximate surface area is 82.2 Å². The molecule has 0 aliphatic heterocycles. The molecular weight excluding hydrogens is 180 g/mol. The molecule has 4 heteroatoms. The summed E-state index contributed by atoms with van der Waals surface area (Å²) in [5.74, 6) is 0. The number of nitrogens with zero attached hydrogens (tertiary/aromatic N) is 2. The van der Waals surface area contributed by atoms with Crippen molar-refractivity contribution < 1.29 is 10.4 Å². The van der Waals surface area contributed by atoms with Gasteiger partial charge >= 0.3 is 0 Å². The van der Waals surface area contributed by atoms with E-state index in [1.165, 1.54) is 6.21 Å². The van der Waals surface area contributed by atoms with Crippen molar-refractivity contribution in [3.05, 3.63) is 35.4 Å². The third-order valence-electron chi connectivity index (χ3n) is 1.87. The third-order valence-corrected chi connectivity index (χ3v) is 1.87. The minimum atomic E-state index is 0.302. The standard InChI is InChI=1S/C10H12N2O2/c1-8-2-4-9(5-3-8)10(12-14)6-7-11-13/h2-5,7,13-14H,6H2,1H3/b11-7+,12-10-. The smallest absolute Gasteiger partial charge is 0.0922 e. The summed E-state index contributed by atoms with van der Waals surface area (Å²) in [5.41, 5.74) is 2.43. The van der Waals surface area contributed by atoms with Gasteiger partial charge in [0.15, 0.2) is 0 Å². The van der Waals surface area contributed by atoms with Gasteiger partial charge in [-0.25, -0.2) is 0 Å². The van der Waals surface area contributed by atoms with E-state index >= 15 is 0 Å². The SMILES string of the molecule is Cc1ccc(/C(C/C=N/O)=N\O)cc1. The minimum Gasteiger partial charge on any atom is -0.411 e. The van der Waals surface area contributed by atoms with Crippen LogP contribution >= 0.6 is 0 Å². The lowest BCUT2D eigenvalue weighted by Gasteiger charge is -2.01. The predicted molar refractivity (Wildman–Crippen MR) is 54.4 cm³/mol. The molecule has 0 spiro atoms. The number of hydrogen-bond acceptors (Lipinski definition) is 4. The Morgan fingerprint density at radius 2 is 1.93 bits per heavy atom. The summed E-state index contributed by atoms with van der Waals surface area (Å²) in [6, 6.07) is 7.57. The van der Waals surface area contributed by atoms with E-state index in [1.807, 2.05) is 31.2 Å². The molecule has 0 radical (unpaired) electrons. The Morgan fingerprint density at radius 3 is 2.43 bits per heavy atom. The van der Waals surface area contributed by atoms with Crippen molar-refractivity contribution in [1.82, 2.24) is 0 Å². The zero-order valence-corrected chi connectivity index (χ0v) is 7.88. The van der Waals surface area contributed by atoms with Gasteiger partial charge < -0.3 is 10.4 Å². The molecule has 0 unspecified atom stereocenters. The van der Waals surface area contributed by atoms with Crippen LogP contribution in [0, 0.1) is 6.92 Å². The van der Waals surface area contributed by atoms with Crippen LogP contribution in [-0.4, -0.2) is 22.3 Å². The molecule has 0 fully saturated rings. The summed E-state index contributed by atoms with van der Waals surface area (Å²) in [5, 5.41) is 22.9. The Morgan fingerprint density at radius 1 is 1.29 bits per heavy atom. The monoisotopic (exact) mass is 192 g/mol. The Bertz CT molecular complexity index is 342. The van der Waals surface area contributed by atoms with Gasteiger partial charge in [0, 0.05) is 12.6 Å². The highest BCUT2D eigenvalue weighted by Gasteiger charge is 2.01. The van der Waals surface area contributed by atoms with Crippen molar-refractivity contribution in [1.29, 1.82) is 0 Å². The zero-order valence-electron chi connectivity index (χ0n) is 7.88. The lowest BCUT2D eigenvalue weighted by molar-refractivity contribution is 0.317. The zero-order chi connectivity index (χ0) is 10.4. The summed E-state index contributed by atoms with van der Waals surface area (Å²) in [6.07, 6.45) is 1.57. The van der Waals surface area contributed by atoms with Crippen LogP contribution in [0.1, 0.15) is 17.5 Å². The van der Waals surface area contributed by atoms with Crippen molar-refractivity contribution in [2.45, 2.75) is 13.3 Å². The van der Waals surface area contributed by atoms with Crippen LogP contribution in [0.2, 0.25) is 0 Å². The van der Waals surface area contributed by atoms with Gasteiger partial charge in [0.25, 0.3) is 0 Å².